The first-order valence-corrected chi connectivity index (χ1v) is 10.1. The Morgan fingerprint density at radius 2 is 2.20 bits per heavy atom. The molecule has 2 aromatic rings. The fourth-order valence-corrected chi connectivity index (χ4v) is 3.59. The molecule has 1 saturated heterocycles. The zero-order chi connectivity index (χ0) is 17.6. The van der Waals surface area contributed by atoms with Crippen molar-refractivity contribution >= 4 is 28.7 Å². The minimum absolute atomic E-state index is 0.0551. The van der Waals surface area contributed by atoms with Crippen molar-refractivity contribution in [1.29, 1.82) is 0 Å². The van der Waals surface area contributed by atoms with Gasteiger partial charge in [0.25, 0.3) is 0 Å². The molecule has 8 heteroatoms. The molecule has 7 nitrogen and oxygen atoms in total. The van der Waals surface area contributed by atoms with E-state index in [4.69, 9.17) is 9.72 Å². The summed E-state index contributed by atoms with van der Waals surface area (Å²) in [5.41, 5.74) is 1.59. The molecule has 0 spiro atoms. The minimum atomic E-state index is -0.121. The molecule has 2 unspecified atom stereocenters. The van der Waals surface area contributed by atoms with Gasteiger partial charge in [-0.3, -0.25) is 4.57 Å². The SMILES string of the molecule is CCCCNc1nc(SCCC)nc2c1ncn2C1CCC(CO)O1. The number of aromatic nitrogens is 4. The van der Waals surface area contributed by atoms with Crippen LogP contribution < -0.4 is 5.32 Å². The Labute approximate surface area is 152 Å². The summed E-state index contributed by atoms with van der Waals surface area (Å²) in [4.78, 5) is 13.9. The van der Waals surface area contributed by atoms with Crippen molar-refractivity contribution in [2.24, 2.45) is 0 Å². The van der Waals surface area contributed by atoms with Gasteiger partial charge in [-0.25, -0.2) is 15.0 Å². The smallest absolute Gasteiger partial charge is 0.191 e. The number of unbranched alkanes of at least 4 members (excludes halogenated alkanes) is 1. The molecular weight excluding hydrogens is 338 g/mol. The average Bonchev–Trinajstić information content (AvgIpc) is 3.26. The highest BCUT2D eigenvalue weighted by atomic mass is 32.2. The molecule has 25 heavy (non-hydrogen) atoms. The van der Waals surface area contributed by atoms with Gasteiger partial charge in [0.1, 0.15) is 6.23 Å². The van der Waals surface area contributed by atoms with Crippen LogP contribution in [0.2, 0.25) is 0 Å². The Bertz CT molecular complexity index is 693. The zero-order valence-corrected chi connectivity index (χ0v) is 15.8. The van der Waals surface area contributed by atoms with Gasteiger partial charge in [-0.05, 0) is 25.7 Å². The van der Waals surface area contributed by atoms with Crippen molar-refractivity contribution in [3.63, 3.8) is 0 Å². The van der Waals surface area contributed by atoms with Gasteiger partial charge in [0, 0.05) is 12.3 Å². The molecular formula is C17H27N5O2S. The van der Waals surface area contributed by atoms with E-state index < -0.39 is 0 Å². The summed E-state index contributed by atoms with van der Waals surface area (Å²) >= 11 is 1.66. The number of aliphatic hydroxyl groups is 1. The van der Waals surface area contributed by atoms with E-state index in [1.165, 1.54) is 0 Å². The Hall–Kier alpha value is -1.38. The second-order valence-corrected chi connectivity index (χ2v) is 7.34. The van der Waals surface area contributed by atoms with Crippen LogP contribution in [0, 0.1) is 0 Å². The van der Waals surface area contributed by atoms with E-state index in [2.05, 4.69) is 29.1 Å². The second-order valence-electron chi connectivity index (χ2n) is 6.28. The van der Waals surface area contributed by atoms with E-state index in [0.717, 1.165) is 66.5 Å². The van der Waals surface area contributed by atoms with Crippen molar-refractivity contribution in [3.8, 4) is 0 Å². The molecule has 138 valence electrons. The molecule has 0 aliphatic carbocycles. The first-order chi connectivity index (χ1) is 12.3. The van der Waals surface area contributed by atoms with E-state index in [0.29, 0.717) is 0 Å². The van der Waals surface area contributed by atoms with Gasteiger partial charge in [0.2, 0.25) is 0 Å². The van der Waals surface area contributed by atoms with E-state index in [-0.39, 0.29) is 18.9 Å². The topological polar surface area (TPSA) is 85.1 Å². The molecule has 2 N–H and O–H groups in total. The van der Waals surface area contributed by atoms with Gasteiger partial charge < -0.3 is 15.2 Å². The molecule has 1 fully saturated rings. The third-order valence-corrected chi connectivity index (χ3v) is 5.31. The Morgan fingerprint density at radius 1 is 1.32 bits per heavy atom. The van der Waals surface area contributed by atoms with Crippen LogP contribution in [0.5, 0.6) is 0 Å². The van der Waals surface area contributed by atoms with Gasteiger partial charge in [-0.2, -0.15) is 0 Å². The van der Waals surface area contributed by atoms with Crippen molar-refractivity contribution < 1.29 is 9.84 Å². The Balaban J connectivity index is 1.92. The molecule has 3 rings (SSSR count). The third kappa shape index (κ3) is 4.24. The van der Waals surface area contributed by atoms with E-state index >= 15 is 0 Å². The molecule has 1 aliphatic rings. The Morgan fingerprint density at radius 3 is 2.92 bits per heavy atom. The maximum atomic E-state index is 9.31. The number of aliphatic hydroxyl groups excluding tert-OH is 1. The summed E-state index contributed by atoms with van der Waals surface area (Å²) in [5, 5.41) is 13.5. The van der Waals surface area contributed by atoms with Gasteiger partial charge >= 0.3 is 0 Å². The number of fused-ring (bicyclic) bond motifs is 1. The van der Waals surface area contributed by atoms with Crippen LogP contribution in [0.15, 0.2) is 11.5 Å². The molecule has 2 aromatic heterocycles. The van der Waals surface area contributed by atoms with Crippen LogP contribution >= 0.6 is 11.8 Å². The van der Waals surface area contributed by atoms with E-state index in [1.54, 1.807) is 18.1 Å². The molecule has 0 radical (unpaired) electrons. The monoisotopic (exact) mass is 365 g/mol. The van der Waals surface area contributed by atoms with Crippen molar-refractivity contribution in [1.82, 2.24) is 19.5 Å². The highest BCUT2D eigenvalue weighted by Gasteiger charge is 2.28. The summed E-state index contributed by atoms with van der Waals surface area (Å²) in [7, 11) is 0. The quantitative estimate of drug-likeness (QED) is 0.401. The van der Waals surface area contributed by atoms with Crippen LogP contribution in [-0.4, -0.2) is 49.6 Å². The number of hydrogen-bond donors (Lipinski definition) is 2. The van der Waals surface area contributed by atoms with Crippen molar-refractivity contribution in [2.45, 2.75) is 63.4 Å². The number of rotatable bonds is 9. The van der Waals surface area contributed by atoms with Gasteiger partial charge in [-0.1, -0.05) is 32.0 Å². The lowest BCUT2D eigenvalue weighted by molar-refractivity contribution is -0.0207. The standard InChI is InChI=1S/C17H27N5O2S/c1-3-5-8-18-15-14-16(21-17(20-15)25-9-4-2)22(11-19-14)13-7-6-12(10-23)24-13/h11-13,23H,3-10H2,1-2H3,(H,18,20,21). The summed E-state index contributed by atoms with van der Waals surface area (Å²) in [6, 6.07) is 0. The molecule has 2 atom stereocenters. The number of nitrogens with one attached hydrogen (secondary N) is 1. The van der Waals surface area contributed by atoms with Crippen LogP contribution in [0.3, 0.4) is 0 Å². The average molecular weight is 366 g/mol. The maximum absolute atomic E-state index is 9.31. The van der Waals surface area contributed by atoms with Gasteiger partial charge in [0.15, 0.2) is 22.1 Å². The van der Waals surface area contributed by atoms with Gasteiger partial charge in [-0.15, -0.1) is 0 Å². The lowest BCUT2D eigenvalue weighted by Gasteiger charge is -2.14. The van der Waals surface area contributed by atoms with E-state index in [1.807, 2.05) is 4.57 Å². The summed E-state index contributed by atoms with van der Waals surface area (Å²) in [5.74, 6) is 1.79. The molecule has 0 bridgehead atoms. The number of ether oxygens (including phenoxy) is 1. The van der Waals surface area contributed by atoms with E-state index in [9.17, 15) is 5.11 Å². The van der Waals surface area contributed by atoms with Crippen LogP contribution in [0.25, 0.3) is 11.2 Å². The van der Waals surface area contributed by atoms with Gasteiger partial charge in [0.05, 0.1) is 19.0 Å². The lowest BCUT2D eigenvalue weighted by atomic mass is 10.2. The van der Waals surface area contributed by atoms with Crippen LogP contribution in [0.4, 0.5) is 5.82 Å². The maximum Gasteiger partial charge on any atom is 0.191 e. The number of thioether (sulfide) groups is 1. The molecule has 0 aromatic carbocycles. The predicted octanol–water partition coefficient (Wildman–Crippen LogP) is 3.21. The largest absolute Gasteiger partial charge is 0.394 e. The number of nitrogens with zero attached hydrogens (tertiary/aromatic N) is 4. The first-order valence-electron chi connectivity index (χ1n) is 9.14. The molecule has 3 heterocycles. The first kappa shape index (κ1) is 18.4. The molecule has 0 saturated carbocycles. The third-order valence-electron chi connectivity index (χ3n) is 4.26. The summed E-state index contributed by atoms with van der Waals surface area (Å²) in [6.07, 6.45) is 6.57. The number of imidazole rings is 1. The molecule has 0 amide bonds. The predicted molar refractivity (Wildman–Crippen MR) is 100.0 cm³/mol. The summed E-state index contributed by atoms with van der Waals surface area (Å²) < 4.78 is 7.89. The fraction of sp³-hybridized carbons (Fsp3) is 0.706. The van der Waals surface area contributed by atoms with Crippen LogP contribution in [0.1, 0.15) is 52.2 Å². The zero-order valence-electron chi connectivity index (χ0n) is 14.9. The van der Waals surface area contributed by atoms with Crippen molar-refractivity contribution in [3.05, 3.63) is 6.33 Å². The number of hydrogen-bond acceptors (Lipinski definition) is 7. The van der Waals surface area contributed by atoms with Crippen LogP contribution in [-0.2, 0) is 4.74 Å². The fourth-order valence-electron chi connectivity index (χ4n) is 2.90. The molecule has 1 aliphatic heterocycles. The normalized spacial score (nSPS) is 20.4. The highest BCUT2D eigenvalue weighted by molar-refractivity contribution is 7.99. The minimum Gasteiger partial charge on any atom is -0.394 e. The highest BCUT2D eigenvalue weighted by Crippen LogP contribution is 2.32. The Kier molecular flexibility index (Phi) is 6.50. The number of anilines is 1. The summed E-state index contributed by atoms with van der Waals surface area (Å²) in [6.45, 7) is 5.25. The second kappa shape index (κ2) is 8.82. The van der Waals surface area contributed by atoms with Crippen molar-refractivity contribution in [2.75, 3.05) is 24.2 Å². The lowest BCUT2D eigenvalue weighted by Crippen LogP contribution is -2.14.